The van der Waals surface area contributed by atoms with Gasteiger partial charge in [-0.25, -0.2) is 8.42 Å². The molecular weight excluding hydrogens is 368 g/mol. The molecule has 1 aromatic rings. The standard InChI is InChI=1S/C15H21BrN2O3S/c1-11-6-7-13(10-14(11)16)18(22(2,20)21)9-8-17-15(19)12-4-3-5-12/h6-7,10,12H,3-5,8-9H2,1-2H3,(H,17,19). The second-order valence-corrected chi connectivity index (χ2v) is 8.45. The minimum Gasteiger partial charge on any atom is -0.354 e. The summed E-state index contributed by atoms with van der Waals surface area (Å²) >= 11 is 3.42. The fraction of sp³-hybridized carbons (Fsp3) is 0.533. The zero-order chi connectivity index (χ0) is 16.3. The number of amides is 1. The molecular formula is C15H21BrN2O3S. The van der Waals surface area contributed by atoms with E-state index in [-0.39, 0.29) is 18.4 Å². The first-order valence-corrected chi connectivity index (χ1v) is 9.95. The molecule has 0 atom stereocenters. The monoisotopic (exact) mass is 388 g/mol. The summed E-state index contributed by atoms with van der Waals surface area (Å²) in [6.45, 7) is 2.48. The van der Waals surface area contributed by atoms with Crippen molar-refractivity contribution in [3.05, 3.63) is 28.2 Å². The van der Waals surface area contributed by atoms with Gasteiger partial charge in [-0.3, -0.25) is 9.10 Å². The van der Waals surface area contributed by atoms with E-state index in [0.29, 0.717) is 12.2 Å². The summed E-state index contributed by atoms with van der Waals surface area (Å²) in [5.74, 6) is 0.144. The van der Waals surface area contributed by atoms with Crippen LogP contribution >= 0.6 is 15.9 Å². The van der Waals surface area contributed by atoms with Crippen LogP contribution in [0.2, 0.25) is 0 Å². The zero-order valence-corrected chi connectivity index (χ0v) is 15.2. The summed E-state index contributed by atoms with van der Waals surface area (Å²) in [6, 6.07) is 5.42. The van der Waals surface area contributed by atoms with Gasteiger partial charge >= 0.3 is 0 Å². The average molecular weight is 389 g/mol. The van der Waals surface area contributed by atoms with Crippen LogP contribution in [-0.2, 0) is 14.8 Å². The van der Waals surface area contributed by atoms with E-state index in [0.717, 1.165) is 29.3 Å². The molecule has 0 bridgehead atoms. The minimum atomic E-state index is -3.40. The molecule has 0 radical (unpaired) electrons. The van der Waals surface area contributed by atoms with Crippen molar-refractivity contribution in [3.8, 4) is 0 Å². The van der Waals surface area contributed by atoms with Crippen molar-refractivity contribution in [1.82, 2.24) is 5.32 Å². The van der Waals surface area contributed by atoms with Crippen LogP contribution in [0, 0.1) is 12.8 Å². The van der Waals surface area contributed by atoms with E-state index >= 15 is 0 Å². The number of hydrogen-bond acceptors (Lipinski definition) is 3. The number of anilines is 1. The lowest BCUT2D eigenvalue weighted by Crippen LogP contribution is -2.41. The lowest BCUT2D eigenvalue weighted by atomic mass is 9.85. The number of sulfonamides is 1. The average Bonchev–Trinajstić information content (AvgIpc) is 2.34. The predicted octanol–water partition coefficient (Wildman–Crippen LogP) is 2.44. The van der Waals surface area contributed by atoms with Gasteiger partial charge in [-0.1, -0.05) is 28.4 Å². The summed E-state index contributed by atoms with van der Waals surface area (Å²) in [4.78, 5) is 11.8. The lowest BCUT2D eigenvalue weighted by Gasteiger charge is -2.26. The third kappa shape index (κ3) is 4.23. The minimum absolute atomic E-state index is 0.0322. The maximum Gasteiger partial charge on any atom is 0.232 e. The van der Waals surface area contributed by atoms with Crippen molar-refractivity contribution in [2.24, 2.45) is 5.92 Å². The van der Waals surface area contributed by atoms with Gasteiger partial charge in [0.15, 0.2) is 0 Å². The molecule has 0 aromatic heterocycles. The van der Waals surface area contributed by atoms with Crippen molar-refractivity contribution in [2.75, 3.05) is 23.7 Å². The van der Waals surface area contributed by atoms with E-state index < -0.39 is 10.0 Å². The maximum absolute atomic E-state index is 12.0. The van der Waals surface area contributed by atoms with Gasteiger partial charge < -0.3 is 5.32 Å². The van der Waals surface area contributed by atoms with Gasteiger partial charge in [0, 0.05) is 16.9 Å². The summed E-state index contributed by atoms with van der Waals surface area (Å²) < 4.78 is 26.2. The fourth-order valence-corrected chi connectivity index (χ4v) is 3.60. The topological polar surface area (TPSA) is 66.5 Å². The normalized spacial score (nSPS) is 15.2. The highest BCUT2D eigenvalue weighted by atomic mass is 79.9. The number of carbonyl (C=O) groups excluding carboxylic acids is 1. The third-order valence-corrected chi connectivity index (χ3v) is 5.98. The van der Waals surface area contributed by atoms with E-state index in [2.05, 4.69) is 21.2 Å². The Hall–Kier alpha value is -1.08. The van der Waals surface area contributed by atoms with Crippen LogP contribution in [-0.4, -0.2) is 33.7 Å². The van der Waals surface area contributed by atoms with E-state index in [1.807, 2.05) is 13.0 Å². The Morgan fingerprint density at radius 1 is 1.41 bits per heavy atom. The Morgan fingerprint density at radius 3 is 2.59 bits per heavy atom. The molecule has 1 aliphatic rings. The number of rotatable bonds is 6. The van der Waals surface area contributed by atoms with Crippen LogP contribution in [0.4, 0.5) is 5.69 Å². The van der Waals surface area contributed by atoms with Gasteiger partial charge in [-0.2, -0.15) is 0 Å². The Labute approximate surface area is 140 Å². The largest absolute Gasteiger partial charge is 0.354 e. The molecule has 1 aliphatic carbocycles. The highest BCUT2D eigenvalue weighted by Gasteiger charge is 2.25. The molecule has 0 spiro atoms. The number of carbonyl (C=O) groups is 1. The second kappa shape index (κ2) is 7.00. The van der Waals surface area contributed by atoms with Crippen molar-refractivity contribution in [1.29, 1.82) is 0 Å². The fourth-order valence-electron chi connectivity index (χ4n) is 2.32. The first kappa shape index (κ1) is 17.3. The first-order valence-electron chi connectivity index (χ1n) is 7.30. The summed E-state index contributed by atoms with van der Waals surface area (Å²) in [7, 11) is -3.40. The van der Waals surface area contributed by atoms with E-state index in [1.54, 1.807) is 12.1 Å². The van der Waals surface area contributed by atoms with Gasteiger partial charge in [0.05, 0.1) is 18.5 Å². The molecule has 5 nitrogen and oxygen atoms in total. The molecule has 22 heavy (non-hydrogen) atoms. The Morgan fingerprint density at radius 2 is 2.09 bits per heavy atom. The number of hydrogen-bond donors (Lipinski definition) is 1. The van der Waals surface area contributed by atoms with Crippen LogP contribution < -0.4 is 9.62 Å². The molecule has 122 valence electrons. The molecule has 7 heteroatoms. The van der Waals surface area contributed by atoms with Crippen molar-refractivity contribution in [2.45, 2.75) is 26.2 Å². The quantitative estimate of drug-likeness (QED) is 0.813. The SMILES string of the molecule is Cc1ccc(N(CCNC(=O)C2CCC2)S(C)(=O)=O)cc1Br. The van der Waals surface area contributed by atoms with E-state index in [9.17, 15) is 13.2 Å². The van der Waals surface area contributed by atoms with Crippen LogP contribution in [0.1, 0.15) is 24.8 Å². The third-order valence-electron chi connectivity index (χ3n) is 3.93. The van der Waals surface area contributed by atoms with Gasteiger partial charge in [-0.15, -0.1) is 0 Å². The number of nitrogens with zero attached hydrogens (tertiary/aromatic N) is 1. The first-order chi connectivity index (χ1) is 10.3. The van der Waals surface area contributed by atoms with Gasteiger partial charge in [-0.05, 0) is 37.5 Å². The molecule has 1 fully saturated rings. The molecule has 1 amide bonds. The highest BCUT2D eigenvalue weighted by Crippen LogP contribution is 2.26. The lowest BCUT2D eigenvalue weighted by molar-refractivity contribution is -0.127. The molecule has 0 unspecified atom stereocenters. The molecule has 1 N–H and O–H groups in total. The van der Waals surface area contributed by atoms with Gasteiger partial charge in [0.2, 0.25) is 15.9 Å². The smallest absolute Gasteiger partial charge is 0.232 e. The number of aryl methyl sites for hydroxylation is 1. The van der Waals surface area contributed by atoms with Crippen molar-refractivity contribution in [3.63, 3.8) is 0 Å². The molecule has 0 aliphatic heterocycles. The molecule has 2 rings (SSSR count). The predicted molar refractivity (Wildman–Crippen MR) is 91.4 cm³/mol. The number of halogens is 1. The molecule has 0 heterocycles. The molecule has 1 aromatic carbocycles. The summed E-state index contributed by atoms with van der Waals surface area (Å²) in [6.07, 6.45) is 4.15. The summed E-state index contributed by atoms with van der Waals surface area (Å²) in [5.41, 5.74) is 1.63. The number of benzene rings is 1. The maximum atomic E-state index is 12.0. The van der Waals surface area contributed by atoms with Crippen molar-refractivity contribution >= 4 is 37.5 Å². The molecule has 0 saturated heterocycles. The number of nitrogens with one attached hydrogen (secondary N) is 1. The van der Waals surface area contributed by atoms with E-state index in [1.165, 1.54) is 10.6 Å². The van der Waals surface area contributed by atoms with Crippen LogP contribution in [0.15, 0.2) is 22.7 Å². The van der Waals surface area contributed by atoms with Crippen LogP contribution in [0.3, 0.4) is 0 Å². The van der Waals surface area contributed by atoms with Gasteiger partial charge in [0.25, 0.3) is 0 Å². The Kier molecular flexibility index (Phi) is 5.50. The zero-order valence-electron chi connectivity index (χ0n) is 12.8. The second-order valence-electron chi connectivity index (χ2n) is 5.69. The van der Waals surface area contributed by atoms with Crippen LogP contribution in [0.5, 0.6) is 0 Å². The van der Waals surface area contributed by atoms with Gasteiger partial charge in [0.1, 0.15) is 0 Å². The Bertz CT molecular complexity index is 657. The molecule has 1 saturated carbocycles. The summed E-state index contributed by atoms with van der Waals surface area (Å²) in [5, 5.41) is 2.83. The highest BCUT2D eigenvalue weighted by molar-refractivity contribution is 9.10. The van der Waals surface area contributed by atoms with Crippen molar-refractivity contribution < 1.29 is 13.2 Å². The van der Waals surface area contributed by atoms with E-state index in [4.69, 9.17) is 0 Å². The Balaban J connectivity index is 2.03. The van der Waals surface area contributed by atoms with Crippen LogP contribution in [0.25, 0.3) is 0 Å².